The Bertz CT molecular complexity index is 681. The number of aromatic nitrogens is 2. The number of halogens is 1. The number of primary amides is 1. The first-order valence-corrected chi connectivity index (χ1v) is 5.87. The summed E-state index contributed by atoms with van der Waals surface area (Å²) in [5.41, 5.74) is 11.4. The van der Waals surface area contributed by atoms with Crippen LogP contribution < -0.4 is 11.5 Å². The van der Waals surface area contributed by atoms with Gasteiger partial charge in [0.05, 0.1) is 23.1 Å². The van der Waals surface area contributed by atoms with Crippen LogP contribution in [0.1, 0.15) is 20.8 Å². The second kappa shape index (κ2) is 4.73. The van der Waals surface area contributed by atoms with Gasteiger partial charge in [0.15, 0.2) is 5.69 Å². The fourth-order valence-electron chi connectivity index (χ4n) is 1.53. The molecule has 0 fully saturated rings. The predicted molar refractivity (Wildman–Crippen MR) is 71.2 cm³/mol. The minimum absolute atomic E-state index is 0.0580. The van der Waals surface area contributed by atoms with Crippen LogP contribution in [-0.4, -0.2) is 26.8 Å². The van der Waals surface area contributed by atoms with Crippen molar-refractivity contribution in [1.29, 1.82) is 0 Å². The third kappa shape index (κ3) is 2.43. The molecule has 0 aliphatic rings. The van der Waals surface area contributed by atoms with Gasteiger partial charge in [0.1, 0.15) is 0 Å². The van der Waals surface area contributed by atoms with E-state index < -0.39 is 11.9 Å². The largest absolute Gasteiger partial charge is 0.476 e. The molecule has 1 amide bonds. The molecule has 0 saturated heterocycles. The van der Waals surface area contributed by atoms with E-state index in [1.54, 1.807) is 12.1 Å². The quantitative estimate of drug-likeness (QED) is 0.777. The van der Waals surface area contributed by atoms with Crippen molar-refractivity contribution >= 4 is 33.5 Å². The summed E-state index contributed by atoms with van der Waals surface area (Å²) in [5.74, 6) is -1.77. The van der Waals surface area contributed by atoms with Gasteiger partial charge in [-0.15, -0.1) is 0 Å². The number of benzene rings is 1. The van der Waals surface area contributed by atoms with Crippen molar-refractivity contribution in [3.8, 4) is 5.69 Å². The van der Waals surface area contributed by atoms with Crippen molar-refractivity contribution in [3.63, 3.8) is 0 Å². The van der Waals surface area contributed by atoms with E-state index in [1.165, 1.54) is 16.9 Å². The second-order valence-corrected chi connectivity index (χ2v) is 4.57. The maximum Gasteiger partial charge on any atom is 0.358 e. The zero-order chi connectivity index (χ0) is 14.2. The number of carbonyl (C=O) groups excluding carboxylic acids is 1. The van der Waals surface area contributed by atoms with E-state index in [2.05, 4.69) is 21.0 Å². The monoisotopic (exact) mass is 324 g/mol. The number of carbonyl (C=O) groups is 2. The van der Waals surface area contributed by atoms with Gasteiger partial charge >= 0.3 is 5.97 Å². The standard InChI is InChI=1S/C11H9BrN4O3/c12-7-3-5(1-2-6(7)10(14)17)16-4-8(13)9(15-16)11(18)19/h1-4H,13H2,(H2,14,17)(H,18,19). The van der Waals surface area contributed by atoms with E-state index in [1.807, 2.05) is 0 Å². The van der Waals surface area contributed by atoms with Crippen LogP contribution in [0.3, 0.4) is 0 Å². The lowest BCUT2D eigenvalue weighted by molar-refractivity contribution is 0.0691. The van der Waals surface area contributed by atoms with Gasteiger partial charge in [0, 0.05) is 4.47 Å². The smallest absolute Gasteiger partial charge is 0.358 e. The summed E-state index contributed by atoms with van der Waals surface area (Å²) in [6.45, 7) is 0. The normalized spacial score (nSPS) is 10.4. The first-order valence-electron chi connectivity index (χ1n) is 5.08. The van der Waals surface area contributed by atoms with Crippen LogP contribution in [0.5, 0.6) is 0 Å². The van der Waals surface area contributed by atoms with E-state index in [-0.39, 0.29) is 11.4 Å². The van der Waals surface area contributed by atoms with Gasteiger partial charge in [-0.25, -0.2) is 9.48 Å². The SMILES string of the molecule is NC(=O)c1ccc(-n2cc(N)c(C(=O)O)n2)cc1Br. The number of anilines is 1. The van der Waals surface area contributed by atoms with Gasteiger partial charge in [0.25, 0.3) is 0 Å². The summed E-state index contributed by atoms with van der Waals surface area (Å²) < 4.78 is 1.80. The molecule has 98 valence electrons. The number of hydrogen-bond acceptors (Lipinski definition) is 4. The molecule has 2 aromatic rings. The van der Waals surface area contributed by atoms with Crippen LogP contribution in [0.15, 0.2) is 28.9 Å². The van der Waals surface area contributed by atoms with Crippen molar-refractivity contribution in [2.75, 3.05) is 5.73 Å². The van der Waals surface area contributed by atoms with Gasteiger partial charge in [-0.2, -0.15) is 5.10 Å². The molecule has 0 saturated carbocycles. The van der Waals surface area contributed by atoms with Gasteiger partial charge in [-0.1, -0.05) is 0 Å². The fraction of sp³-hybridized carbons (Fsp3) is 0. The lowest BCUT2D eigenvalue weighted by Gasteiger charge is -2.04. The molecule has 0 aliphatic carbocycles. The summed E-state index contributed by atoms with van der Waals surface area (Å²) in [5, 5.41) is 12.7. The second-order valence-electron chi connectivity index (χ2n) is 3.71. The highest BCUT2D eigenvalue weighted by molar-refractivity contribution is 9.10. The molecule has 1 aromatic heterocycles. The minimum Gasteiger partial charge on any atom is -0.476 e. The number of rotatable bonds is 3. The number of nitrogens with two attached hydrogens (primary N) is 2. The lowest BCUT2D eigenvalue weighted by Crippen LogP contribution is -2.12. The van der Waals surface area contributed by atoms with Crippen LogP contribution in [0, 0.1) is 0 Å². The Morgan fingerprint density at radius 1 is 1.37 bits per heavy atom. The molecule has 2 rings (SSSR count). The summed E-state index contributed by atoms with van der Waals surface area (Å²) in [6.07, 6.45) is 1.38. The molecule has 7 nitrogen and oxygen atoms in total. The maximum absolute atomic E-state index is 11.1. The topological polar surface area (TPSA) is 124 Å². The van der Waals surface area contributed by atoms with E-state index in [0.717, 1.165) is 0 Å². The van der Waals surface area contributed by atoms with Crippen molar-refractivity contribution in [2.24, 2.45) is 5.73 Å². The van der Waals surface area contributed by atoms with Crippen molar-refractivity contribution in [1.82, 2.24) is 9.78 Å². The summed E-state index contributed by atoms with van der Waals surface area (Å²) >= 11 is 3.21. The number of amides is 1. The third-order valence-corrected chi connectivity index (χ3v) is 3.08. The molecule has 0 unspecified atom stereocenters. The fourth-order valence-corrected chi connectivity index (χ4v) is 2.09. The van der Waals surface area contributed by atoms with E-state index in [4.69, 9.17) is 16.6 Å². The van der Waals surface area contributed by atoms with Crippen molar-refractivity contribution in [3.05, 3.63) is 40.1 Å². The van der Waals surface area contributed by atoms with Gasteiger partial charge in [-0.3, -0.25) is 4.79 Å². The number of nitrogen functional groups attached to an aromatic ring is 1. The molecule has 1 aromatic carbocycles. The van der Waals surface area contributed by atoms with Crippen LogP contribution in [0.4, 0.5) is 5.69 Å². The highest BCUT2D eigenvalue weighted by Gasteiger charge is 2.15. The Labute approximate surface area is 115 Å². The molecule has 19 heavy (non-hydrogen) atoms. The first kappa shape index (κ1) is 13.1. The molecule has 0 radical (unpaired) electrons. The van der Waals surface area contributed by atoms with E-state index >= 15 is 0 Å². The maximum atomic E-state index is 11.1. The Morgan fingerprint density at radius 2 is 2.05 bits per heavy atom. The van der Waals surface area contributed by atoms with Gasteiger partial charge < -0.3 is 16.6 Å². The Hall–Kier alpha value is -2.35. The molecule has 0 bridgehead atoms. The molecule has 0 spiro atoms. The van der Waals surface area contributed by atoms with E-state index in [9.17, 15) is 9.59 Å². The highest BCUT2D eigenvalue weighted by atomic mass is 79.9. The Morgan fingerprint density at radius 3 is 2.53 bits per heavy atom. The summed E-state index contributed by atoms with van der Waals surface area (Å²) in [6, 6.07) is 4.70. The van der Waals surface area contributed by atoms with Crippen LogP contribution in [0.25, 0.3) is 5.69 Å². The number of aromatic carboxylic acids is 1. The number of hydrogen-bond donors (Lipinski definition) is 3. The molecular formula is C11H9BrN4O3. The average Bonchev–Trinajstić information content (AvgIpc) is 2.70. The Kier molecular flexibility index (Phi) is 3.26. The van der Waals surface area contributed by atoms with Crippen LogP contribution in [-0.2, 0) is 0 Å². The zero-order valence-corrected chi connectivity index (χ0v) is 11.1. The minimum atomic E-state index is -1.20. The molecule has 1 heterocycles. The highest BCUT2D eigenvalue weighted by Crippen LogP contribution is 2.21. The van der Waals surface area contributed by atoms with Crippen LogP contribution in [0.2, 0.25) is 0 Å². The number of carboxylic acids is 1. The zero-order valence-electron chi connectivity index (χ0n) is 9.50. The molecule has 0 atom stereocenters. The predicted octanol–water partition coefficient (Wildman–Crippen LogP) is 1.01. The summed E-state index contributed by atoms with van der Waals surface area (Å²) in [4.78, 5) is 21.9. The molecule has 8 heteroatoms. The molecular weight excluding hydrogens is 316 g/mol. The first-order chi connectivity index (χ1) is 8.90. The van der Waals surface area contributed by atoms with Gasteiger partial charge in [-0.05, 0) is 34.1 Å². The number of carboxylic acid groups (broad SMARTS) is 1. The molecule has 5 N–H and O–H groups in total. The van der Waals surface area contributed by atoms with Crippen molar-refractivity contribution < 1.29 is 14.7 Å². The Balaban J connectivity index is 2.48. The number of nitrogens with zero attached hydrogens (tertiary/aromatic N) is 2. The third-order valence-electron chi connectivity index (χ3n) is 2.43. The average molecular weight is 325 g/mol. The van der Waals surface area contributed by atoms with Crippen molar-refractivity contribution in [2.45, 2.75) is 0 Å². The van der Waals surface area contributed by atoms with Crippen LogP contribution >= 0.6 is 15.9 Å². The lowest BCUT2D eigenvalue weighted by atomic mass is 10.2. The van der Waals surface area contributed by atoms with Gasteiger partial charge in [0.2, 0.25) is 5.91 Å². The van der Waals surface area contributed by atoms with E-state index in [0.29, 0.717) is 15.7 Å². The molecule has 0 aliphatic heterocycles. The summed E-state index contributed by atoms with van der Waals surface area (Å²) in [7, 11) is 0.